The van der Waals surface area contributed by atoms with E-state index in [-0.39, 0.29) is 32.7 Å². The first-order chi connectivity index (χ1) is 17.2. The zero-order valence-corrected chi connectivity index (χ0v) is 21.8. The van der Waals surface area contributed by atoms with Crippen LogP contribution in [0.15, 0.2) is 53.4 Å². The van der Waals surface area contributed by atoms with E-state index in [0.29, 0.717) is 36.4 Å². The number of sulfone groups is 1. The number of halogens is 1. The molecule has 0 bridgehead atoms. The molecule has 0 radical (unpaired) electrons. The van der Waals surface area contributed by atoms with Crippen molar-refractivity contribution in [1.82, 2.24) is 5.32 Å². The summed E-state index contributed by atoms with van der Waals surface area (Å²) >= 11 is 6.53. The van der Waals surface area contributed by atoms with Gasteiger partial charge in [0.15, 0.2) is 9.84 Å². The summed E-state index contributed by atoms with van der Waals surface area (Å²) in [6.45, 7) is 3.56. The Kier molecular flexibility index (Phi) is 7.73. The van der Waals surface area contributed by atoms with Crippen LogP contribution in [0.25, 0.3) is 0 Å². The molecule has 36 heavy (non-hydrogen) atoms. The molecule has 0 aliphatic carbocycles. The minimum Gasteiger partial charge on any atom is -0.496 e. The number of methoxy groups -OCH3 is 2. The fraction of sp³-hybridized carbons (Fsp3) is 0.269. The number of rotatable bonds is 8. The van der Waals surface area contributed by atoms with Gasteiger partial charge in [-0.2, -0.15) is 0 Å². The standard InChI is InChI=1S/C26H27ClN2O6S/c1-16-10-18(26(30)34-3)12-23-24(16)35-25-19(15-36(23,31)32)11-20(13-21(25)27)29-9-8-28-14-17-6-4-5-7-22(17)33-2/h4-7,10-13,28-29H,8-9,14-15H2,1-3H3. The first-order valence-electron chi connectivity index (χ1n) is 11.3. The van der Waals surface area contributed by atoms with Crippen LogP contribution >= 0.6 is 11.6 Å². The molecule has 0 amide bonds. The van der Waals surface area contributed by atoms with Crippen molar-refractivity contribution in [2.24, 2.45) is 0 Å². The van der Waals surface area contributed by atoms with Gasteiger partial charge in [0.25, 0.3) is 0 Å². The minimum atomic E-state index is -3.82. The number of para-hydroxylation sites is 1. The maximum absolute atomic E-state index is 13.3. The molecule has 8 nitrogen and oxygen atoms in total. The zero-order valence-electron chi connectivity index (χ0n) is 20.2. The number of fused-ring (bicyclic) bond motifs is 2. The summed E-state index contributed by atoms with van der Waals surface area (Å²) < 4.78 is 42.7. The van der Waals surface area contributed by atoms with Crippen LogP contribution in [0.3, 0.4) is 0 Å². The van der Waals surface area contributed by atoms with Crippen molar-refractivity contribution in [3.63, 3.8) is 0 Å². The van der Waals surface area contributed by atoms with Crippen LogP contribution in [-0.2, 0) is 26.9 Å². The van der Waals surface area contributed by atoms with E-state index >= 15 is 0 Å². The van der Waals surface area contributed by atoms with Gasteiger partial charge in [-0.3, -0.25) is 0 Å². The Morgan fingerprint density at radius 2 is 1.86 bits per heavy atom. The number of aryl methyl sites for hydroxylation is 1. The predicted molar refractivity (Wildman–Crippen MR) is 138 cm³/mol. The molecule has 1 aliphatic rings. The fourth-order valence-electron chi connectivity index (χ4n) is 4.06. The van der Waals surface area contributed by atoms with Crippen LogP contribution in [0, 0.1) is 6.92 Å². The van der Waals surface area contributed by atoms with E-state index in [1.807, 2.05) is 24.3 Å². The van der Waals surface area contributed by atoms with Gasteiger partial charge in [0.1, 0.15) is 22.1 Å². The van der Waals surface area contributed by atoms with Crippen LogP contribution in [0.2, 0.25) is 5.02 Å². The third-order valence-electron chi connectivity index (χ3n) is 5.81. The average Bonchev–Trinajstić information content (AvgIpc) is 2.97. The second-order valence-corrected chi connectivity index (χ2v) is 10.7. The lowest BCUT2D eigenvalue weighted by molar-refractivity contribution is 0.0600. The van der Waals surface area contributed by atoms with E-state index in [4.69, 9.17) is 25.8 Å². The number of ether oxygens (including phenoxy) is 3. The van der Waals surface area contributed by atoms with Gasteiger partial charge in [-0.1, -0.05) is 29.8 Å². The van der Waals surface area contributed by atoms with Crippen LogP contribution in [0.1, 0.15) is 27.0 Å². The molecule has 10 heteroatoms. The second-order valence-electron chi connectivity index (χ2n) is 8.33. The SMILES string of the molecule is COC(=O)c1cc(C)c2c(c1)S(=O)(=O)Cc1cc(NCCNCc3ccccc3OC)cc(Cl)c1O2. The molecule has 0 spiro atoms. The maximum atomic E-state index is 13.3. The normalized spacial score (nSPS) is 13.6. The highest BCUT2D eigenvalue weighted by atomic mass is 35.5. The molecule has 0 aromatic heterocycles. The van der Waals surface area contributed by atoms with Crippen molar-refractivity contribution in [2.45, 2.75) is 24.1 Å². The number of carbonyl (C=O) groups excluding carboxylic acids is 1. The van der Waals surface area contributed by atoms with Crippen LogP contribution in [0.4, 0.5) is 5.69 Å². The number of carbonyl (C=O) groups is 1. The molecule has 0 saturated heterocycles. The van der Waals surface area contributed by atoms with Gasteiger partial charge >= 0.3 is 5.97 Å². The molecule has 1 heterocycles. The van der Waals surface area contributed by atoms with Gasteiger partial charge in [-0.05, 0) is 42.8 Å². The van der Waals surface area contributed by atoms with Gasteiger partial charge in [0.05, 0.1) is 30.6 Å². The molecule has 3 aromatic carbocycles. The number of esters is 1. The minimum absolute atomic E-state index is 0.0646. The van der Waals surface area contributed by atoms with Gasteiger partial charge in [0.2, 0.25) is 0 Å². The van der Waals surface area contributed by atoms with Crippen molar-refractivity contribution in [1.29, 1.82) is 0 Å². The Balaban J connectivity index is 1.50. The number of benzene rings is 3. The molecule has 4 rings (SSSR count). The molecule has 0 saturated carbocycles. The Morgan fingerprint density at radius 3 is 2.61 bits per heavy atom. The summed E-state index contributed by atoms with van der Waals surface area (Å²) in [6.07, 6.45) is 0. The summed E-state index contributed by atoms with van der Waals surface area (Å²) in [7, 11) is -0.936. The third kappa shape index (κ3) is 5.43. The maximum Gasteiger partial charge on any atom is 0.337 e. The van der Waals surface area contributed by atoms with E-state index in [1.54, 1.807) is 26.2 Å². The van der Waals surface area contributed by atoms with Crippen LogP contribution in [0.5, 0.6) is 17.2 Å². The van der Waals surface area contributed by atoms with E-state index in [9.17, 15) is 13.2 Å². The predicted octanol–water partition coefficient (Wildman–Crippen LogP) is 4.72. The van der Waals surface area contributed by atoms with Gasteiger partial charge < -0.3 is 24.8 Å². The summed E-state index contributed by atoms with van der Waals surface area (Å²) in [5.74, 6) is 0.325. The van der Waals surface area contributed by atoms with E-state index in [0.717, 1.165) is 11.3 Å². The monoisotopic (exact) mass is 530 g/mol. The van der Waals surface area contributed by atoms with E-state index in [2.05, 4.69) is 10.6 Å². The van der Waals surface area contributed by atoms with Gasteiger partial charge in [0, 0.05) is 36.4 Å². The molecule has 3 aromatic rings. The highest BCUT2D eigenvalue weighted by molar-refractivity contribution is 7.90. The number of hydrogen-bond donors (Lipinski definition) is 2. The van der Waals surface area contributed by atoms with E-state index < -0.39 is 15.8 Å². The van der Waals surface area contributed by atoms with Crippen molar-refractivity contribution in [2.75, 3.05) is 32.6 Å². The lowest BCUT2D eigenvalue weighted by Gasteiger charge is -2.15. The highest BCUT2D eigenvalue weighted by Crippen LogP contribution is 2.44. The molecule has 2 N–H and O–H groups in total. The summed E-state index contributed by atoms with van der Waals surface area (Å²) in [5, 5.41) is 6.91. The Hall–Kier alpha value is -3.27. The molecule has 0 atom stereocenters. The topological polar surface area (TPSA) is 103 Å². The zero-order chi connectivity index (χ0) is 25.9. The third-order valence-corrected chi connectivity index (χ3v) is 7.75. The van der Waals surface area contributed by atoms with Gasteiger partial charge in [-0.25, -0.2) is 13.2 Å². The fourth-order valence-corrected chi connectivity index (χ4v) is 5.91. The number of hydrogen-bond acceptors (Lipinski definition) is 8. The largest absolute Gasteiger partial charge is 0.496 e. The lowest BCUT2D eigenvalue weighted by Crippen LogP contribution is -2.22. The first-order valence-corrected chi connectivity index (χ1v) is 13.3. The smallest absolute Gasteiger partial charge is 0.337 e. The summed E-state index contributed by atoms with van der Waals surface area (Å²) in [5.41, 5.74) is 2.79. The quantitative estimate of drug-likeness (QED) is 0.318. The summed E-state index contributed by atoms with van der Waals surface area (Å²) in [6, 6.07) is 14.1. The molecule has 0 unspecified atom stereocenters. The molecule has 0 fully saturated rings. The molecular weight excluding hydrogens is 504 g/mol. The lowest BCUT2D eigenvalue weighted by atomic mass is 10.1. The molecule has 1 aliphatic heterocycles. The Morgan fingerprint density at radius 1 is 1.08 bits per heavy atom. The summed E-state index contributed by atoms with van der Waals surface area (Å²) in [4.78, 5) is 12.0. The van der Waals surface area contributed by atoms with Crippen molar-refractivity contribution >= 4 is 33.1 Å². The highest BCUT2D eigenvalue weighted by Gasteiger charge is 2.31. The molecular formula is C26H27ClN2O6S. The van der Waals surface area contributed by atoms with Crippen molar-refractivity contribution in [3.8, 4) is 17.2 Å². The van der Waals surface area contributed by atoms with Crippen molar-refractivity contribution < 1.29 is 27.4 Å². The first kappa shape index (κ1) is 25.8. The Labute approximate surface area is 215 Å². The Bertz CT molecular complexity index is 1410. The number of anilines is 1. The van der Waals surface area contributed by atoms with Crippen LogP contribution < -0.4 is 20.1 Å². The number of nitrogens with one attached hydrogen (secondary N) is 2. The second kappa shape index (κ2) is 10.8. The average molecular weight is 531 g/mol. The van der Waals surface area contributed by atoms with Crippen molar-refractivity contribution in [3.05, 3.63) is 75.8 Å². The molecule has 190 valence electrons. The van der Waals surface area contributed by atoms with E-state index in [1.165, 1.54) is 19.2 Å². The van der Waals surface area contributed by atoms with Gasteiger partial charge in [-0.15, -0.1) is 0 Å². The van der Waals surface area contributed by atoms with Crippen LogP contribution in [-0.4, -0.2) is 41.7 Å².